The molecule has 2 heterocycles. The number of piperidine rings is 1. The van der Waals surface area contributed by atoms with Crippen LogP contribution in [0.2, 0.25) is 0 Å². The van der Waals surface area contributed by atoms with Crippen LogP contribution >= 0.6 is 11.3 Å². The van der Waals surface area contributed by atoms with Crippen molar-refractivity contribution in [2.45, 2.75) is 5.92 Å². The summed E-state index contributed by atoms with van der Waals surface area (Å²) in [5, 5.41) is 13.6. The van der Waals surface area contributed by atoms with E-state index >= 15 is 0 Å². The van der Waals surface area contributed by atoms with E-state index in [1.165, 1.54) is 0 Å². The largest absolute Gasteiger partial charge is 0.481 e. The lowest BCUT2D eigenvalue weighted by molar-refractivity contribution is -0.139. The molecule has 1 aliphatic heterocycles. The Hall–Kier alpha value is -3.72. The van der Waals surface area contributed by atoms with Crippen LogP contribution in [0.4, 0.5) is 9.93 Å². The maximum Gasteiger partial charge on any atom is 0.413 e. The molecule has 0 bridgehead atoms. The Balaban J connectivity index is 1.06. The van der Waals surface area contributed by atoms with Crippen LogP contribution in [0.15, 0.2) is 53.9 Å². The van der Waals surface area contributed by atoms with Gasteiger partial charge in [0.05, 0.1) is 5.92 Å². The lowest BCUT2D eigenvalue weighted by atomic mass is 9.98. The molecular formula is C25H21N3O5S. The first kappa shape index (κ1) is 20.9. The van der Waals surface area contributed by atoms with Gasteiger partial charge < -0.3 is 14.7 Å². The summed E-state index contributed by atoms with van der Waals surface area (Å²) in [7, 11) is 0. The van der Waals surface area contributed by atoms with E-state index in [0.717, 1.165) is 33.6 Å². The highest BCUT2D eigenvalue weighted by molar-refractivity contribution is 7.14. The number of benzene rings is 2. The Kier molecular flexibility index (Phi) is 4.88. The van der Waals surface area contributed by atoms with Gasteiger partial charge in [-0.2, -0.15) is 0 Å². The molecule has 2 atom stereocenters. The zero-order valence-electron chi connectivity index (χ0n) is 18.0. The molecule has 34 heavy (non-hydrogen) atoms. The van der Waals surface area contributed by atoms with Crippen molar-refractivity contribution < 1.29 is 24.2 Å². The molecule has 9 heteroatoms. The van der Waals surface area contributed by atoms with Crippen molar-refractivity contribution in [2.24, 2.45) is 17.8 Å². The van der Waals surface area contributed by atoms with Gasteiger partial charge in [-0.15, -0.1) is 11.3 Å². The number of ether oxygens (including phenoxy) is 1. The fraction of sp³-hybridized carbons (Fsp3) is 0.280. The van der Waals surface area contributed by atoms with E-state index in [2.05, 4.69) is 34.6 Å². The van der Waals surface area contributed by atoms with Gasteiger partial charge in [-0.3, -0.25) is 14.9 Å². The molecule has 2 aliphatic carbocycles. The zero-order valence-corrected chi connectivity index (χ0v) is 18.8. The zero-order chi connectivity index (χ0) is 23.4. The first-order valence-electron chi connectivity index (χ1n) is 11.1. The summed E-state index contributed by atoms with van der Waals surface area (Å²) in [5.41, 5.74) is 4.82. The van der Waals surface area contributed by atoms with Crippen LogP contribution in [0, 0.1) is 17.8 Å². The van der Waals surface area contributed by atoms with E-state index in [1.807, 2.05) is 24.3 Å². The molecule has 0 spiro atoms. The third-order valence-electron chi connectivity index (χ3n) is 7.04. The number of thiazole rings is 1. The third-order valence-corrected chi connectivity index (χ3v) is 7.80. The molecular weight excluding hydrogens is 454 g/mol. The van der Waals surface area contributed by atoms with Gasteiger partial charge in [0.1, 0.15) is 12.3 Å². The normalized spacial score (nSPS) is 22.0. The highest BCUT2D eigenvalue weighted by Crippen LogP contribution is 2.52. The third kappa shape index (κ3) is 3.43. The number of anilines is 1. The molecule has 2 aromatic carbocycles. The topological polar surface area (TPSA) is 109 Å². The minimum Gasteiger partial charge on any atom is -0.481 e. The summed E-state index contributed by atoms with van der Waals surface area (Å²) in [6.45, 7) is 1.07. The summed E-state index contributed by atoms with van der Waals surface area (Å²) in [5.74, 6) is -1.32. The lowest BCUT2D eigenvalue weighted by Gasteiger charge is -2.17. The number of aliphatic carboxylic acids is 1. The molecule has 3 aliphatic rings. The Morgan fingerprint density at radius 3 is 2.26 bits per heavy atom. The summed E-state index contributed by atoms with van der Waals surface area (Å²) >= 11 is 1.15. The second-order valence-electron chi connectivity index (χ2n) is 8.89. The van der Waals surface area contributed by atoms with Crippen molar-refractivity contribution in [1.82, 2.24) is 9.88 Å². The number of nitrogens with zero attached hydrogens (tertiary/aromatic N) is 2. The molecule has 2 amide bonds. The minimum atomic E-state index is -0.787. The van der Waals surface area contributed by atoms with E-state index < -0.39 is 12.1 Å². The van der Waals surface area contributed by atoms with Crippen molar-refractivity contribution in [3.8, 4) is 11.1 Å². The van der Waals surface area contributed by atoms with Crippen LogP contribution in [0.1, 0.15) is 27.5 Å². The number of carboxylic acids is 1. The van der Waals surface area contributed by atoms with Crippen LogP contribution in [0.3, 0.4) is 0 Å². The highest BCUT2D eigenvalue weighted by atomic mass is 32.1. The number of carbonyl (C=O) groups is 3. The number of fused-ring (bicyclic) bond motifs is 4. The molecule has 3 aromatic rings. The van der Waals surface area contributed by atoms with Gasteiger partial charge in [-0.1, -0.05) is 48.5 Å². The SMILES string of the molecule is O=C(Nc1nc(C(=O)N2CC3C(C2)C3C(=O)O)cs1)OCC1c2ccccc2-c2ccccc21. The average Bonchev–Trinajstić information content (AvgIpc) is 3.20. The summed E-state index contributed by atoms with van der Waals surface area (Å²) < 4.78 is 5.53. The molecule has 8 nitrogen and oxygen atoms in total. The standard InChI is InChI=1S/C25H21N3O5S/c29-22(28-9-17-18(10-28)21(17)23(30)31)20-12-34-24(26-20)27-25(32)33-11-19-15-7-3-1-5-13(15)14-6-2-4-8-16(14)19/h1-8,12,17-19,21H,9-11H2,(H,30,31)(H,26,27,32). The molecule has 0 radical (unpaired) electrons. The van der Waals surface area contributed by atoms with Crippen LogP contribution in [0.25, 0.3) is 11.1 Å². The Morgan fingerprint density at radius 2 is 1.65 bits per heavy atom. The number of hydrogen-bond donors (Lipinski definition) is 2. The molecule has 1 saturated heterocycles. The maximum absolute atomic E-state index is 12.7. The predicted molar refractivity (Wildman–Crippen MR) is 125 cm³/mol. The number of amides is 2. The number of likely N-dealkylation sites (tertiary alicyclic amines) is 1. The van der Waals surface area contributed by atoms with Crippen molar-refractivity contribution in [3.63, 3.8) is 0 Å². The van der Waals surface area contributed by atoms with E-state index in [9.17, 15) is 14.4 Å². The Bertz CT molecular complexity index is 1260. The smallest absolute Gasteiger partial charge is 0.413 e. The molecule has 2 unspecified atom stereocenters. The number of hydrogen-bond acceptors (Lipinski definition) is 6. The van der Waals surface area contributed by atoms with Crippen LogP contribution in [-0.4, -0.2) is 52.7 Å². The highest BCUT2D eigenvalue weighted by Gasteiger charge is 2.60. The fourth-order valence-corrected chi connectivity index (χ4v) is 6.04. The van der Waals surface area contributed by atoms with Gasteiger partial charge in [0.15, 0.2) is 5.13 Å². The van der Waals surface area contributed by atoms with Gasteiger partial charge in [0.25, 0.3) is 5.91 Å². The van der Waals surface area contributed by atoms with Crippen molar-refractivity contribution in [3.05, 3.63) is 70.7 Å². The first-order valence-corrected chi connectivity index (χ1v) is 12.0. The number of carboxylic acid groups (broad SMARTS) is 1. The van der Waals surface area contributed by atoms with E-state index in [0.29, 0.717) is 13.1 Å². The second-order valence-corrected chi connectivity index (χ2v) is 9.75. The molecule has 2 fully saturated rings. The number of carbonyl (C=O) groups excluding carboxylic acids is 2. The van der Waals surface area contributed by atoms with E-state index in [1.54, 1.807) is 10.3 Å². The maximum atomic E-state index is 12.7. The molecule has 1 saturated carbocycles. The predicted octanol–water partition coefficient (Wildman–Crippen LogP) is 3.91. The van der Waals surface area contributed by atoms with E-state index in [-0.39, 0.29) is 47.0 Å². The minimum absolute atomic E-state index is 0.0391. The van der Waals surface area contributed by atoms with Gasteiger partial charge in [0.2, 0.25) is 0 Å². The lowest BCUT2D eigenvalue weighted by Crippen LogP contribution is -2.32. The summed E-state index contributed by atoms with van der Waals surface area (Å²) in [6, 6.07) is 16.2. The number of nitrogens with one attached hydrogen (secondary N) is 1. The molecule has 2 N–H and O–H groups in total. The quantitative estimate of drug-likeness (QED) is 0.579. The van der Waals surface area contributed by atoms with E-state index in [4.69, 9.17) is 9.84 Å². The first-order chi connectivity index (χ1) is 16.5. The van der Waals surface area contributed by atoms with Crippen molar-refractivity contribution in [1.29, 1.82) is 0 Å². The van der Waals surface area contributed by atoms with Gasteiger partial charge in [-0.05, 0) is 34.1 Å². The molecule has 172 valence electrons. The Labute approximate surface area is 199 Å². The van der Waals surface area contributed by atoms with Crippen LogP contribution in [-0.2, 0) is 9.53 Å². The van der Waals surface area contributed by atoms with Crippen LogP contribution in [0.5, 0.6) is 0 Å². The number of aromatic nitrogens is 1. The van der Waals surface area contributed by atoms with Gasteiger partial charge >= 0.3 is 12.1 Å². The summed E-state index contributed by atoms with van der Waals surface area (Å²) in [6.07, 6.45) is -0.623. The van der Waals surface area contributed by atoms with Crippen LogP contribution < -0.4 is 5.32 Å². The van der Waals surface area contributed by atoms with Gasteiger partial charge in [0, 0.05) is 24.4 Å². The summed E-state index contributed by atoms with van der Waals surface area (Å²) in [4.78, 5) is 42.2. The monoisotopic (exact) mass is 475 g/mol. The van der Waals surface area contributed by atoms with Crippen molar-refractivity contribution >= 4 is 34.4 Å². The average molecular weight is 476 g/mol. The molecule has 1 aromatic heterocycles. The second kappa shape index (κ2) is 7.95. The molecule has 6 rings (SSSR count). The fourth-order valence-electron chi connectivity index (χ4n) is 5.37. The van der Waals surface area contributed by atoms with Crippen molar-refractivity contribution in [2.75, 3.05) is 25.0 Å². The Morgan fingerprint density at radius 1 is 1.03 bits per heavy atom. The van der Waals surface area contributed by atoms with Gasteiger partial charge in [-0.25, -0.2) is 9.78 Å². The number of rotatable bonds is 5.